The standard InChI is InChI=1S/C11H15N5S/c1-12-11-4-13-9(3-14-11)5-16(2)6-10-7-17-8-15-10/h3-4,7-8H,5-6H2,1-2H3,(H,12,14). The van der Waals surface area contributed by atoms with E-state index in [0.29, 0.717) is 0 Å². The Labute approximate surface area is 105 Å². The predicted molar refractivity (Wildman–Crippen MR) is 68.9 cm³/mol. The Morgan fingerprint density at radius 2 is 2.00 bits per heavy atom. The SMILES string of the molecule is CNc1cnc(CN(C)Cc2cscn2)cn1. The Bertz CT molecular complexity index is 439. The molecule has 6 heteroatoms. The van der Waals surface area contributed by atoms with E-state index in [1.165, 1.54) is 0 Å². The molecule has 2 heterocycles. The molecule has 0 saturated heterocycles. The van der Waals surface area contributed by atoms with Crippen LogP contribution in [0.25, 0.3) is 0 Å². The Morgan fingerprint density at radius 3 is 2.59 bits per heavy atom. The summed E-state index contributed by atoms with van der Waals surface area (Å²) in [6.45, 7) is 1.60. The molecule has 0 aliphatic carbocycles. The van der Waals surface area contributed by atoms with Crippen molar-refractivity contribution in [1.82, 2.24) is 19.9 Å². The molecule has 5 nitrogen and oxygen atoms in total. The summed E-state index contributed by atoms with van der Waals surface area (Å²) in [5.74, 6) is 0.788. The van der Waals surface area contributed by atoms with Gasteiger partial charge in [-0.3, -0.25) is 9.88 Å². The van der Waals surface area contributed by atoms with Gasteiger partial charge in [0.15, 0.2) is 0 Å². The van der Waals surface area contributed by atoms with Gasteiger partial charge in [-0.05, 0) is 7.05 Å². The van der Waals surface area contributed by atoms with Gasteiger partial charge < -0.3 is 5.32 Å². The summed E-state index contributed by atoms with van der Waals surface area (Å²) in [6, 6.07) is 0. The van der Waals surface area contributed by atoms with E-state index < -0.39 is 0 Å². The third-order valence-electron chi connectivity index (χ3n) is 2.31. The van der Waals surface area contributed by atoms with Gasteiger partial charge in [0, 0.05) is 25.5 Å². The normalized spacial score (nSPS) is 10.8. The first-order chi connectivity index (χ1) is 8.28. The number of rotatable bonds is 5. The lowest BCUT2D eigenvalue weighted by Crippen LogP contribution is -2.18. The van der Waals surface area contributed by atoms with Crippen molar-refractivity contribution in [2.24, 2.45) is 0 Å². The number of aromatic nitrogens is 3. The summed E-state index contributed by atoms with van der Waals surface area (Å²) in [6.07, 6.45) is 3.54. The lowest BCUT2D eigenvalue weighted by atomic mass is 10.4. The molecule has 2 aromatic rings. The predicted octanol–water partition coefficient (Wildman–Crippen LogP) is 1.61. The van der Waals surface area contributed by atoms with Crippen molar-refractivity contribution in [3.05, 3.63) is 34.7 Å². The molecule has 1 N–H and O–H groups in total. The van der Waals surface area contributed by atoms with Crippen LogP contribution in [-0.2, 0) is 13.1 Å². The molecule has 0 spiro atoms. The van der Waals surface area contributed by atoms with Crippen molar-refractivity contribution in [3.63, 3.8) is 0 Å². The van der Waals surface area contributed by atoms with Crippen molar-refractivity contribution in [2.45, 2.75) is 13.1 Å². The van der Waals surface area contributed by atoms with E-state index in [9.17, 15) is 0 Å². The summed E-state index contributed by atoms with van der Waals surface area (Å²) in [4.78, 5) is 15.0. The smallest absolute Gasteiger partial charge is 0.144 e. The molecule has 2 rings (SSSR count). The van der Waals surface area contributed by atoms with Crippen LogP contribution >= 0.6 is 11.3 Å². The Hall–Kier alpha value is -1.53. The molecule has 0 amide bonds. The zero-order valence-corrected chi connectivity index (χ0v) is 10.7. The summed E-state index contributed by atoms with van der Waals surface area (Å²) >= 11 is 1.62. The summed E-state index contributed by atoms with van der Waals surface area (Å²) < 4.78 is 0. The summed E-state index contributed by atoms with van der Waals surface area (Å²) in [7, 11) is 3.88. The number of hydrogen-bond acceptors (Lipinski definition) is 6. The molecule has 0 atom stereocenters. The van der Waals surface area contributed by atoms with Crippen LogP contribution < -0.4 is 5.32 Å². The third kappa shape index (κ3) is 3.47. The maximum atomic E-state index is 4.33. The molecule has 0 saturated carbocycles. The van der Waals surface area contributed by atoms with Gasteiger partial charge in [0.1, 0.15) is 5.82 Å². The second-order valence-electron chi connectivity index (χ2n) is 3.80. The summed E-state index contributed by atoms with van der Waals surface area (Å²) in [5, 5.41) is 5.01. The lowest BCUT2D eigenvalue weighted by Gasteiger charge is -2.14. The fraction of sp³-hybridized carbons (Fsp3) is 0.364. The van der Waals surface area contributed by atoms with Crippen LogP contribution in [0.15, 0.2) is 23.3 Å². The molecule has 90 valence electrons. The second kappa shape index (κ2) is 5.70. The van der Waals surface area contributed by atoms with Gasteiger partial charge in [-0.2, -0.15) is 0 Å². The van der Waals surface area contributed by atoms with Gasteiger partial charge in [-0.1, -0.05) is 0 Å². The molecule has 0 unspecified atom stereocenters. The molecule has 2 aromatic heterocycles. The average molecular weight is 249 g/mol. The highest BCUT2D eigenvalue weighted by Crippen LogP contribution is 2.07. The first kappa shape index (κ1) is 11.9. The quantitative estimate of drug-likeness (QED) is 0.872. The van der Waals surface area contributed by atoms with Gasteiger partial charge in [0.25, 0.3) is 0 Å². The van der Waals surface area contributed by atoms with E-state index in [0.717, 1.165) is 30.3 Å². The van der Waals surface area contributed by atoms with Crippen molar-refractivity contribution in [3.8, 4) is 0 Å². The largest absolute Gasteiger partial charge is 0.372 e. The van der Waals surface area contributed by atoms with E-state index in [2.05, 4.69) is 30.5 Å². The molecule has 0 radical (unpaired) electrons. The highest BCUT2D eigenvalue weighted by Gasteiger charge is 2.04. The highest BCUT2D eigenvalue weighted by molar-refractivity contribution is 7.07. The van der Waals surface area contributed by atoms with Crippen molar-refractivity contribution < 1.29 is 0 Å². The highest BCUT2D eigenvalue weighted by atomic mass is 32.1. The van der Waals surface area contributed by atoms with Crippen LogP contribution in [-0.4, -0.2) is 33.9 Å². The van der Waals surface area contributed by atoms with E-state index in [-0.39, 0.29) is 0 Å². The van der Waals surface area contributed by atoms with Crippen molar-refractivity contribution in [1.29, 1.82) is 0 Å². The minimum absolute atomic E-state index is 0.772. The van der Waals surface area contributed by atoms with Crippen LogP contribution in [0.4, 0.5) is 5.82 Å². The zero-order chi connectivity index (χ0) is 12.1. The number of nitrogens with zero attached hydrogens (tertiary/aromatic N) is 4. The van der Waals surface area contributed by atoms with E-state index in [1.54, 1.807) is 23.7 Å². The third-order valence-corrected chi connectivity index (χ3v) is 2.94. The topological polar surface area (TPSA) is 53.9 Å². The van der Waals surface area contributed by atoms with Crippen LogP contribution in [0.1, 0.15) is 11.4 Å². The van der Waals surface area contributed by atoms with Gasteiger partial charge in [-0.15, -0.1) is 11.3 Å². The van der Waals surface area contributed by atoms with Gasteiger partial charge >= 0.3 is 0 Å². The first-order valence-electron chi connectivity index (χ1n) is 5.32. The van der Waals surface area contributed by atoms with Gasteiger partial charge in [0.05, 0.1) is 29.3 Å². The van der Waals surface area contributed by atoms with Gasteiger partial charge in [0.2, 0.25) is 0 Å². The summed E-state index contributed by atoms with van der Waals surface area (Å²) in [5.41, 5.74) is 3.91. The molecule has 17 heavy (non-hydrogen) atoms. The average Bonchev–Trinajstić information content (AvgIpc) is 2.82. The molecule has 0 bridgehead atoms. The van der Waals surface area contributed by atoms with Gasteiger partial charge in [-0.25, -0.2) is 9.97 Å². The minimum Gasteiger partial charge on any atom is -0.372 e. The van der Waals surface area contributed by atoms with Crippen molar-refractivity contribution >= 4 is 17.2 Å². The Kier molecular flexibility index (Phi) is 4.00. The molecule has 0 aliphatic rings. The second-order valence-corrected chi connectivity index (χ2v) is 4.51. The van der Waals surface area contributed by atoms with E-state index >= 15 is 0 Å². The van der Waals surface area contributed by atoms with Crippen LogP contribution in [0.3, 0.4) is 0 Å². The molecule has 0 fully saturated rings. The Balaban J connectivity index is 1.91. The van der Waals surface area contributed by atoms with E-state index in [4.69, 9.17) is 0 Å². The lowest BCUT2D eigenvalue weighted by molar-refractivity contribution is 0.311. The molecular formula is C11H15N5S. The Morgan fingerprint density at radius 1 is 1.18 bits per heavy atom. The number of nitrogens with one attached hydrogen (secondary N) is 1. The number of thiazole rings is 1. The maximum absolute atomic E-state index is 4.33. The fourth-order valence-electron chi connectivity index (χ4n) is 1.49. The van der Waals surface area contributed by atoms with Crippen LogP contribution in [0.5, 0.6) is 0 Å². The van der Waals surface area contributed by atoms with E-state index in [1.807, 2.05) is 19.6 Å². The number of anilines is 1. The molecule has 0 aromatic carbocycles. The molecule has 0 aliphatic heterocycles. The van der Waals surface area contributed by atoms with Crippen LogP contribution in [0.2, 0.25) is 0 Å². The van der Waals surface area contributed by atoms with Crippen molar-refractivity contribution in [2.75, 3.05) is 19.4 Å². The minimum atomic E-state index is 0.772. The molecular weight excluding hydrogens is 234 g/mol. The first-order valence-corrected chi connectivity index (χ1v) is 6.26. The maximum Gasteiger partial charge on any atom is 0.144 e. The monoisotopic (exact) mass is 249 g/mol. The zero-order valence-electron chi connectivity index (χ0n) is 9.92. The fourth-order valence-corrected chi connectivity index (χ4v) is 2.04. The van der Waals surface area contributed by atoms with Crippen LogP contribution in [0, 0.1) is 0 Å². The number of hydrogen-bond donors (Lipinski definition) is 1.